The Balaban J connectivity index is 2.60. The van der Waals surface area contributed by atoms with E-state index in [9.17, 15) is 4.39 Å². The number of nitrogens with zero attached hydrogens (tertiary/aromatic N) is 2. The van der Waals surface area contributed by atoms with Crippen molar-refractivity contribution < 1.29 is 4.39 Å². The first-order valence-electron chi connectivity index (χ1n) is 6.08. The normalized spacial score (nSPS) is 12.7. The molecule has 0 radical (unpaired) electrons. The topological polar surface area (TPSA) is 29.9 Å². The van der Waals surface area contributed by atoms with E-state index in [2.05, 4.69) is 26.3 Å². The first-order chi connectivity index (χ1) is 8.97. The summed E-state index contributed by atoms with van der Waals surface area (Å²) >= 11 is 3.23. The predicted molar refractivity (Wildman–Crippen MR) is 77.7 cm³/mol. The minimum absolute atomic E-state index is 0.203. The fourth-order valence-electron chi connectivity index (χ4n) is 2.41. The van der Waals surface area contributed by atoms with E-state index < -0.39 is 0 Å². The van der Waals surface area contributed by atoms with Gasteiger partial charge in [-0.3, -0.25) is 4.68 Å². The highest BCUT2D eigenvalue weighted by molar-refractivity contribution is 9.10. The molecule has 1 aromatic heterocycles. The van der Waals surface area contributed by atoms with Crippen molar-refractivity contribution in [2.24, 2.45) is 7.05 Å². The van der Waals surface area contributed by atoms with Gasteiger partial charge >= 0.3 is 0 Å². The lowest BCUT2D eigenvalue weighted by Crippen LogP contribution is -2.20. The lowest BCUT2D eigenvalue weighted by molar-refractivity contribution is 0.568. The van der Waals surface area contributed by atoms with E-state index in [1.165, 1.54) is 0 Å². The van der Waals surface area contributed by atoms with Gasteiger partial charge in [0.1, 0.15) is 5.82 Å². The minimum atomic E-state index is -0.232. The molecule has 2 rings (SSSR count). The molecular weight excluding hydrogens is 309 g/mol. The van der Waals surface area contributed by atoms with Crippen molar-refractivity contribution in [3.63, 3.8) is 0 Å². The Labute approximate surface area is 121 Å². The number of rotatable bonds is 3. The van der Waals surface area contributed by atoms with Crippen LogP contribution in [0.1, 0.15) is 28.6 Å². The standard InChI is InChI=1S/C14H17BrFN3/c1-8-12(9(2)19(4)18-8)14(17-3)10-6-5-7-11(15)13(10)16/h5-7,14,17H,1-4H3. The molecule has 5 heteroatoms. The summed E-state index contributed by atoms with van der Waals surface area (Å²) in [5.41, 5.74) is 3.60. The molecule has 0 spiro atoms. The molecule has 102 valence electrons. The molecule has 3 nitrogen and oxygen atoms in total. The highest BCUT2D eigenvalue weighted by Gasteiger charge is 2.23. The second kappa shape index (κ2) is 5.43. The Morgan fingerprint density at radius 3 is 2.58 bits per heavy atom. The van der Waals surface area contributed by atoms with Gasteiger partial charge in [0.15, 0.2) is 0 Å². The summed E-state index contributed by atoms with van der Waals surface area (Å²) < 4.78 is 16.6. The SMILES string of the molecule is CNC(c1cccc(Br)c1F)c1c(C)nn(C)c1C. The van der Waals surface area contributed by atoms with Crippen LogP contribution >= 0.6 is 15.9 Å². The van der Waals surface area contributed by atoms with Crippen LogP contribution in [0.3, 0.4) is 0 Å². The average Bonchev–Trinajstić information content (AvgIpc) is 2.62. The third-order valence-corrected chi connectivity index (χ3v) is 4.05. The van der Waals surface area contributed by atoms with E-state index in [1.54, 1.807) is 12.1 Å². The van der Waals surface area contributed by atoms with E-state index >= 15 is 0 Å². The van der Waals surface area contributed by atoms with Gasteiger partial charge in [0.25, 0.3) is 0 Å². The number of hydrogen-bond acceptors (Lipinski definition) is 2. The van der Waals surface area contributed by atoms with Gasteiger partial charge in [-0.1, -0.05) is 12.1 Å². The van der Waals surface area contributed by atoms with Gasteiger partial charge < -0.3 is 5.32 Å². The zero-order valence-electron chi connectivity index (χ0n) is 11.5. The molecule has 0 aliphatic carbocycles. The Morgan fingerprint density at radius 2 is 2.05 bits per heavy atom. The summed E-state index contributed by atoms with van der Waals surface area (Å²) in [5.74, 6) is -0.232. The average molecular weight is 326 g/mol. The second-order valence-electron chi connectivity index (χ2n) is 4.57. The monoisotopic (exact) mass is 325 g/mol. The Hall–Kier alpha value is -1.20. The maximum Gasteiger partial charge on any atom is 0.142 e. The number of aryl methyl sites for hydroxylation is 2. The lowest BCUT2D eigenvalue weighted by Gasteiger charge is -2.19. The van der Waals surface area contributed by atoms with Crippen molar-refractivity contribution in [1.82, 2.24) is 15.1 Å². The van der Waals surface area contributed by atoms with Crippen LogP contribution in [0, 0.1) is 19.7 Å². The van der Waals surface area contributed by atoms with Crippen LogP contribution in [0.5, 0.6) is 0 Å². The molecule has 1 unspecified atom stereocenters. The minimum Gasteiger partial charge on any atom is -0.309 e. The van der Waals surface area contributed by atoms with Gasteiger partial charge in [-0.25, -0.2) is 4.39 Å². The molecule has 0 amide bonds. The Kier molecular flexibility index (Phi) is 4.06. The second-order valence-corrected chi connectivity index (χ2v) is 5.43. The summed E-state index contributed by atoms with van der Waals surface area (Å²) in [5, 5.41) is 7.58. The lowest BCUT2D eigenvalue weighted by atomic mass is 9.97. The number of hydrogen-bond donors (Lipinski definition) is 1. The molecule has 0 saturated carbocycles. The Bertz CT molecular complexity index is 607. The molecule has 0 saturated heterocycles. The molecule has 0 aliphatic rings. The summed E-state index contributed by atoms with van der Waals surface area (Å²) in [7, 11) is 3.73. The van der Waals surface area contributed by atoms with Crippen molar-refractivity contribution in [3.05, 3.63) is 51.0 Å². The van der Waals surface area contributed by atoms with Gasteiger partial charge in [0.05, 0.1) is 16.2 Å². The molecule has 0 bridgehead atoms. The molecule has 2 aromatic rings. The molecule has 0 fully saturated rings. The maximum atomic E-state index is 14.3. The van der Waals surface area contributed by atoms with Crippen molar-refractivity contribution in [3.8, 4) is 0 Å². The van der Waals surface area contributed by atoms with E-state index in [1.807, 2.05) is 38.7 Å². The molecule has 0 aliphatic heterocycles. The Morgan fingerprint density at radius 1 is 1.37 bits per heavy atom. The summed E-state index contributed by atoms with van der Waals surface area (Å²) in [6, 6.07) is 5.14. The third-order valence-electron chi connectivity index (χ3n) is 3.43. The molecular formula is C14H17BrFN3. The molecule has 1 N–H and O–H groups in total. The van der Waals surface area contributed by atoms with E-state index in [0.717, 1.165) is 17.0 Å². The maximum absolute atomic E-state index is 14.3. The first-order valence-corrected chi connectivity index (χ1v) is 6.88. The van der Waals surface area contributed by atoms with Crippen molar-refractivity contribution in [2.75, 3.05) is 7.05 Å². The molecule has 1 aromatic carbocycles. The highest BCUT2D eigenvalue weighted by Crippen LogP contribution is 2.31. The van der Waals surface area contributed by atoms with Gasteiger partial charge in [-0.05, 0) is 42.9 Å². The quantitative estimate of drug-likeness (QED) is 0.938. The summed E-state index contributed by atoms with van der Waals surface area (Å²) in [6.45, 7) is 3.94. The van der Waals surface area contributed by atoms with Crippen LogP contribution in [-0.4, -0.2) is 16.8 Å². The van der Waals surface area contributed by atoms with Crippen LogP contribution < -0.4 is 5.32 Å². The summed E-state index contributed by atoms with van der Waals surface area (Å²) in [6.07, 6.45) is 0. The molecule has 19 heavy (non-hydrogen) atoms. The van der Waals surface area contributed by atoms with Crippen molar-refractivity contribution in [2.45, 2.75) is 19.9 Å². The first kappa shape index (κ1) is 14.2. The number of halogens is 2. The zero-order chi connectivity index (χ0) is 14.2. The van der Waals surface area contributed by atoms with E-state index in [4.69, 9.17) is 0 Å². The van der Waals surface area contributed by atoms with Gasteiger partial charge in [0, 0.05) is 23.9 Å². The number of aromatic nitrogens is 2. The highest BCUT2D eigenvalue weighted by atomic mass is 79.9. The number of benzene rings is 1. The fraction of sp³-hybridized carbons (Fsp3) is 0.357. The van der Waals surface area contributed by atoms with Crippen LogP contribution in [0.2, 0.25) is 0 Å². The zero-order valence-corrected chi connectivity index (χ0v) is 13.0. The fourth-order valence-corrected chi connectivity index (χ4v) is 2.79. The third kappa shape index (κ3) is 2.44. The van der Waals surface area contributed by atoms with E-state index in [-0.39, 0.29) is 11.9 Å². The molecule has 1 atom stereocenters. The summed E-state index contributed by atoms with van der Waals surface area (Å²) in [4.78, 5) is 0. The van der Waals surface area contributed by atoms with Crippen molar-refractivity contribution in [1.29, 1.82) is 0 Å². The van der Waals surface area contributed by atoms with Crippen LogP contribution in [0.4, 0.5) is 4.39 Å². The molecule has 1 heterocycles. The van der Waals surface area contributed by atoms with Gasteiger partial charge in [-0.15, -0.1) is 0 Å². The predicted octanol–water partition coefficient (Wildman–Crippen LogP) is 3.25. The van der Waals surface area contributed by atoms with Crippen LogP contribution in [-0.2, 0) is 7.05 Å². The largest absolute Gasteiger partial charge is 0.309 e. The smallest absolute Gasteiger partial charge is 0.142 e. The van der Waals surface area contributed by atoms with Gasteiger partial charge in [0.2, 0.25) is 0 Å². The van der Waals surface area contributed by atoms with Gasteiger partial charge in [-0.2, -0.15) is 5.10 Å². The van der Waals surface area contributed by atoms with Crippen LogP contribution in [0.15, 0.2) is 22.7 Å². The van der Waals surface area contributed by atoms with E-state index in [0.29, 0.717) is 10.0 Å². The van der Waals surface area contributed by atoms with Crippen LogP contribution in [0.25, 0.3) is 0 Å². The van der Waals surface area contributed by atoms with Crippen molar-refractivity contribution >= 4 is 15.9 Å². The number of nitrogens with one attached hydrogen (secondary N) is 1.